The van der Waals surface area contributed by atoms with Crippen molar-refractivity contribution in [3.63, 3.8) is 0 Å². The molecule has 28 heavy (non-hydrogen) atoms. The van der Waals surface area contributed by atoms with E-state index in [0.717, 1.165) is 37.6 Å². The normalized spacial score (nSPS) is 14.3. The Hall–Kier alpha value is -0.990. The van der Waals surface area contributed by atoms with Gasteiger partial charge in [0.1, 0.15) is 5.03 Å². The highest BCUT2D eigenvalue weighted by molar-refractivity contribution is 7.99. The maximum absolute atomic E-state index is 12.7. The summed E-state index contributed by atoms with van der Waals surface area (Å²) in [4.78, 5) is 23.3. The second-order valence-corrected chi connectivity index (χ2v) is 7.92. The number of piperidine rings is 1. The highest BCUT2D eigenvalue weighted by atomic mass is 35.5. The first-order chi connectivity index (χ1) is 12.6. The van der Waals surface area contributed by atoms with Crippen LogP contribution in [0.5, 0.6) is 0 Å². The van der Waals surface area contributed by atoms with E-state index in [1.165, 1.54) is 18.2 Å². The van der Waals surface area contributed by atoms with Crippen LogP contribution in [0, 0.1) is 5.92 Å². The van der Waals surface area contributed by atoms with E-state index < -0.39 is 0 Å². The van der Waals surface area contributed by atoms with Crippen LogP contribution in [0.3, 0.4) is 0 Å². The van der Waals surface area contributed by atoms with Gasteiger partial charge < -0.3 is 14.8 Å². The average Bonchev–Trinajstić information content (AvgIpc) is 3.06. The number of carbonyl (C=O) groups excluding carboxylic acids is 1. The number of halogens is 3. The minimum Gasteiger partial charge on any atom is -0.339 e. The fourth-order valence-electron chi connectivity index (χ4n) is 3.11. The molecule has 0 aromatic carbocycles. The van der Waals surface area contributed by atoms with E-state index in [0.29, 0.717) is 21.5 Å². The number of amides is 1. The Kier molecular flexibility index (Phi) is 10.6. The van der Waals surface area contributed by atoms with Crippen molar-refractivity contribution in [2.24, 2.45) is 13.0 Å². The second kappa shape index (κ2) is 11.9. The monoisotopic (exact) mass is 465 g/mol. The molecule has 3 rings (SSSR count). The van der Waals surface area contributed by atoms with Gasteiger partial charge in [-0.25, -0.2) is 9.97 Å². The molecule has 6 nitrogen and oxygen atoms in total. The van der Waals surface area contributed by atoms with Gasteiger partial charge in [0.2, 0.25) is 0 Å². The number of nitrogens with one attached hydrogen (secondary N) is 1. The molecule has 0 atom stereocenters. The zero-order valence-corrected chi connectivity index (χ0v) is 19.1. The molecule has 0 aliphatic carbocycles. The van der Waals surface area contributed by atoms with Crippen LogP contribution in [0.2, 0.25) is 5.02 Å². The van der Waals surface area contributed by atoms with Crippen LogP contribution >= 0.6 is 48.2 Å². The van der Waals surface area contributed by atoms with Crippen molar-refractivity contribution in [1.82, 2.24) is 24.8 Å². The van der Waals surface area contributed by atoms with Crippen LogP contribution in [0.4, 0.5) is 0 Å². The van der Waals surface area contributed by atoms with Crippen LogP contribution in [0.25, 0.3) is 0 Å². The Morgan fingerprint density at radius 1 is 1.32 bits per heavy atom. The van der Waals surface area contributed by atoms with E-state index in [1.807, 2.05) is 29.8 Å². The van der Waals surface area contributed by atoms with Crippen molar-refractivity contribution in [1.29, 1.82) is 0 Å². The third-order valence-corrected chi connectivity index (χ3v) is 6.22. The molecule has 156 valence electrons. The smallest absolute Gasteiger partial charge is 0.255 e. The van der Waals surface area contributed by atoms with Crippen LogP contribution in [0.15, 0.2) is 34.8 Å². The molecule has 10 heteroatoms. The first-order valence-electron chi connectivity index (χ1n) is 8.83. The highest BCUT2D eigenvalue weighted by Gasteiger charge is 2.24. The fourth-order valence-corrected chi connectivity index (χ4v) is 4.15. The molecule has 1 aliphatic heterocycles. The van der Waals surface area contributed by atoms with Gasteiger partial charge in [0.15, 0.2) is 5.16 Å². The number of imidazole rings is 1. The lowest BCUT2D eigenvalue weighted by atomic mass is 9.93. The number of pyridine rings is 1. The Labute approximate surface area is 187 Å². The van der Waals surface area contributed by atoms with Crippen molar-refractivity contribution in [2.75, 3.05) is 26.7 Å². The number of aromatic nitrogens is 3. The Morgan fingerprint density at radius 3 is 2.61 bits per heavy atom. The largest absolute Gasteiger partial charge is 0.339 e. The summed E-state index contributed by atoms with van der Waals surface area (Å²) in [5.41, 5.74) is 0.549. The Balaban J connectivity index is 0.00000196. The predicted molar refractivity (Wildman–Crippen MR) is 118 cm³/mol. The number of rotatable bonds is 6. The summed E-state index contributed by atoms with van der Waals surface area (Å²) < 4.78 is 1.90. The molecular weight excluding hydrogens is 441 g/mol. The van der Waals surface area contributed by atoms with Gasteiger partial charge in [0, 0.05) is 38.7 Å². The number of hydrogen-bond donors (Lipinski definition) is 1. The van der Waals surface area contributed by atoms with Crippen LogP contribution in [-0.4, -0.2) is 52.0 Å². The minimum atomic E-state index is 0. The van der Waals surface area contributed by atoms with E-state index in [9.17, 15) is 4.79 Å². The summed E-state index contributed by atoms with van der Waals surface area (Å²) in [6, 6.07) is 1.72. The Morgan fingerprint density at radius 2 is 2.04 bits per heavy atom. The summed E-state index contributed by atoms with van der Waals surface area (Å²) in [7, 11) is 3.90. The van der Waals surface area contributed by atoms with Gasteiger partial charge in [-0.2, -0.15) is 0 Å². The number of hydrogen-bond acceptors (Lipinski definition) is 5. The zero-order chi connectivity index (χ0) is 18.5. The van der Waals surface area contributed by atoms with E-state index >= 15 is 0 Å². The third kappa shape index (κ3) is 6.26. The van der Waals surface area contributed by atoms with Gasteiger partial charge in [-0.1, -0.05) is 11.6 Å². The zero-order valence-electron chi connectivity index (χ0n) is 15.9. The van der Waals surface area contributed by atoms with E-state index in [4.69, 9.17) is 11.6 Å². The van der Waals surface area contributed by atoms with Gasteiger partial charge in [-0.05, 0) is 56.6 Å². The SMILES string of the molecule is CNCCC1CCN(C(=O)c2cnc(Sc3nccn3C)c(Cl)c2)CC1.Cl.Cl. The van der Waals surface area contributed by atoms with Crippen LogP contribution in [-0.2, 0) is 7.05 Å². The summed E-state index contributed by atoms with van der Waals surface area (Å²) in [6.45, 7) is 2.64. The Bertz CT molecular complexity index is 765. The summed E-state index contributed by atoms with van der Waals surface area (Å²) >= 11 is 7.75. The molecule has 1 saturated heterocycles. The lowest BCUT2D eigenvalue weighted by molar-refractivity contribution is 0.0686. The van der Waals surface area contributed by atoms with E-state index in [-0.39, 0.29) is 30.7 Å². The van der Waals surface area contributed by atoms with Gasteiger partial charge in [-0.3, -0.25) is 4.79 Å². The van der Waals surface area contributed by atoms with Crippen molar-refractivity contribution in [2.45, 2.75) is 29.4 Å². The lowest BCUT2D eigenvalue weighted by Crippen LogP contribution is -2.39. The number of aryl methyl sites for hydroxylation is 1. The quantitative estimate of drug-likeness (QED) is 0.699. The maximum atomic E-state index is 12.7. The third-order valence-electron chi connectivity index (χ3n) is 4.72. The first-order valence-corrected chi connectivity index (χ1v) is 10.0. The molecule has 1 N–H and O–H groups in total. The first kappa shape index (κ1) is 25.0. The van der Waals surface area contributed by atoms with Crippen molar-refractivity contribution in [3.8, 4) is 0 Å². The van der Waals surface area contributed by atoms with Crippen molar-refractivity contribution in [3.05, 3.63) is 35.2 Å². The van der Waals surface area contributed by atoms with E-state index in [2.05, 4.69) is 15.3 Å². The molecule has 1 fully saturated rings. The lowest BCUT2D eigenvalue weighted by Gasteiger charge is -2.32. The van der Waals surface area contributed by atoms with Crippen LogP contribution < -0.4 is 5.32 Å². The predicted octanol–water partition coefficient (Wildman–Crippen LogP) is 3.93. The molecule has 0 spiro atoms. The molecule has 2 aromatic heterocycles. The number of carbonyl (C=O) groups is 1. The second-order valence-electron chi connectivity index (χ2n) is 6.56. The summed E-state index contributed by atoms with van der Waals surface area (Å²) in [5, 5.41) is 5.14. The molecule has 0 bridgehead atoms. The number of nitrogens with zero attached hydrogens (tertiary/aromatic N) is 4. The molecule has 0 unspecified atom stereocenters. The molecular formula is C18H26Cl3N5OS. The molecule has 1 aliphatic rings. The number of likely N-dealkylation sites (tertiary alicyclic amines) is 1. The van der Waals surface area contributed by atoms with Crippen molar-refractivity contribution < 1.29 is 4.79 Å². The maximum Gasteiger partial charge on any atom is 0.255 e. The molecule has 0 radical (unpaired) electrons. The highest BCUT2D eigenvalue weighted by Crippen LogP contribution is 2.31. The fraction of sp³-hybridized carbons (Fsp3) is 0.500. The molecule has 0 saturated carbocycles. The minimum absolute atomic E-state index is 0. The molecule has 1 amide bonds. The molecule has 3 heterocycles. The topological polar surface area (TPSA) is 63.1 Å². The van der Waals surface area contributed by atoms with Gasteiger partial charge in [-0.15, -0.1) is 24.8 Å². The van der Waals surface area contributed by atoms with Crippen molar-refractivity contribution >= 4 is 54.1 Å². The van der Waals surface area contributed by atoms with E-state index in [1.54, 1.807) is 18.5 Å². The van der Waals surface area contributed by atoms with Gasteiger partial charge in [0.05, 0.1) is 10.6 Å². The summed E-state index contributed by atoms with van der Waals surface area (Å²) in [6.07, 6.45) is 8.50. The van der Waals surface area contributed by atoms with Gasteiger partial charge >= 0.3 is 0 Å². The summed E-state index contributed by atoms with van der Waals surface area (Å²) in [5.74, 6) is 0.713. The van der Waals surface area contributed by atoms with Crippen LogP contribution in [0.1, 0.15) is 29.6 Å². The standard InChI is InChI=1S/C18H24ClN5OS.2ClH/c1-20-6-3-13-4-8-24(9-5-13)17(25)14-11-15(19)16(22-12-14)26-18-21-7-10-23(18)2;;/h7,10-13,20H,3-6,8-9H2,1-2H3;2*1H. The molecule has 2 aromatic rings. The average molecular weight is 467 g/mol. The van der Waals surface area contributed by atoms with Gasteiger partial charge in [0.25, 0.3) is 5.91 Å².